The van der Waals surface area contributed by atoms with Gasteiger partial charge in [0, 0.05) is 19.6 Å². The number of carboxylic acid groups (broad SMARTS) is 1. The summed E-state index contributed by atoms with van der Waals surface area (Å²) in [6, 6.07) is 0. The third kappa shape index (κ3) is 9.14. The normalized spacial score (nSPS) is 17.8. The summed E-state index contributed by atoms with van der Waals surface area (Å²) in [5.74, 6) is -0.990. The maximum atomic E-state index is 11.4. The number of hydrogen-bond donors (Lipinski definition) is 4. The topological polar surface area (TPSA) is 116 Å². The average molecular weight is 361 g/mol. The van der Waals surface area contributed by atoms with Crippen LogP contribution in [0.15, 0.2) is 0 Å². The highest BCUT2D eigenvalue weighted by Crippen LogP contribution is 2.18. The summed E-state index contributed by atoms with van der Waals surface area (Å²) in [4.78, 5) is 13.5. The molecule has 0 amide bonds. The lowest BCUT2D eigenvalue weighted by atomic mass is 9.81. The number of morpholine rings is 1. The molecule has 0 radical (unpaired) electrons. The lowest BCUT2D eigenvalue weighted by Gasteiger charge is -2.31. The Morgan fingerprint density at radius 1 is 1.18 bits per heavy atom. The smallest absolute Gasteiger partial charge is 0.451 e. The number of unbranched alkanes of at least 4 members (excludes halogenated alkanes) is 1. The maximum absolute atomic E-state index is 11.4. The maximum Gasteiger partial charge on any atom is 0.451 e. The SMILES string of the molecule is Cl.Cl.NC(CCCCB(O)O)(CCN1CCOCC1)C(=O)O. The van der Waals surface area contributed by atoms with Crippen LogP contribution in [-0.4, -0.2) is 71.5 Å². The van der Waals surface area contributed by atoms with Crippen molar-refractivity contribution in [1.29, 1.82) is 0 Å². The molecule has 10 heteroatoms. The number of hydrogen-bond acceptors (Lipinski definition) is 6. The molecule has 0 saturated carbocycles. The Bertz CT molecular complexity index is 309. The lowest BCUT2D eigenvalue weighted by Crippen LogP contribution is -2.51. The summed E-state index contributed by atoms with van der Waals surface area (Å²) in [6.45, 7) is 3.63. The molecule has 22 heavy (non-hydrogen) atoms. The molecule has 0 aromatic heterocycles. The van der Waals surface area contributed by atoms with Gasteiger partial charge in [-0.1, -0.05) is 12.8 Å². The van der Waals surface area contributed by atoms with E-state index in [1.807, 2.05) is 0 Å². The van der Waals surface area contributed by atoms with Crippen LogP contribution in [0.1, 0.15) is 25.7 Å². The van der Waals surface area contributed by atoms with Gasteiger partial charge in [0.1, 0.15) is 5.54 Å². The van der Waals surface area contributed by atoms with Crippen LogP contribution in [0, 0.1) is 0 Å². The molecule has 1 fully saturated rings. The number of ether oxygens (including phenoxy) is 1. The number of carboxylic acids is 1. The third-order valence-electron chi connectivity index (χ3n) is 3.74. The van der Waals surface area contributed by atoms with Crippen LogP contribution in [-0.2, 0) is 9.53 Å². The predicted molar refractivity (Wildman–Crippen MR) is 89.8 cm³/mol. The lowest BCUT2D eigenvalue weighted by molar-refractivity contribution is -0.144. The van der Waals surface area contributed by atoms with Gasteiger partial charge in [0.15, 0.2) is 0 Å². The molecule has 7 nitrogen and oxygen atoms in total. The number of halogens is 2. The van der Waals surface area contributed by atoms with Gasteiger partial charge in [-0.3, -0.25) is 9.69 Å². The van der Waals surface area contributed by atoms with E-state index in [-0.39, 0.29) is 31.1 Å². The minimum atomic E-state index is -1.33. The Balaban J connectivity index is 0. The van der Waals surface area contributed by atoms with Crippen LogP contribution < -0.4 is 5.73 Å². The molecule has 0 spiro atoms. The highest BCUT2D eigenvalue weighted by molar-refractivity contribution is 6.40. The number of aliphatic carboxylic acids is 1. The van der Waals surface area contributed by atoms with E-state index in [2.05, 4.69) is 4.90 Å². The fraction of sp³-hybridized carbons (Fsp3) is 0.917. The van der Waals surface area contributed by atoms with Crippen LogP contribution in [0.2, 0.25) is 6.32 Å². The number of nitrogens with two attached hydrogens (primary N) is 1. The van der Waals surface area contributed by atoms with Gasteiger partial charge in [-0.05, 0) is 19.2 Å². The second-order valence-electron chi connectivity index (χ2n) is 5.39. The van der Waals surface area contributed by atoms with Crippen LogP contribution in [0.3, 0.4) is 0 Å². The van der Waals surface area contributed by atoms with Gasteiger partial charge in [-0.15, -0.1) is 24.8 Å². The minimum Gasteiger partial charge on any atom is -0.480 e. The van der Waals surface area contributed by atoms with Gasteiger partial charge in [0.25, 0.3) is 0 Å². The largest absolute Gasteiger partial charge is 0.480 e. The molecule has 0 bridgehead atoms. The second-order valence-corrected chi connectivity index (χ2v) is 5.39. The van der Waals surface area contributed by atoms with Gasteiger partial charge >= 0.3 is 13.1 Å². The molecule has 1 atom stereocenters. The Morgan fingerprint density at radius 3 is 2.27 bits per heavy atom. The molecule has 1 heterocycles. The van der Waals surface area contributed by atoms with Gasteiger partial charge in [0.2, 0.25) is 0 Å². The Labute approximate surface area is 144 Å². The van der Waals surface area contributed by atoms with Crippen LogP contribution >= 0.6 is 24.8 Å². The van der Waals surface area contributed by atoms with E-state index >= 15 is 0 Å². The van der Waals surface area contributed by atoms with Crippen molar-refractivity contribution in [2.24, 2.45) is 5.73 Å². The average Bonchev–Trinajstić information content (AvgIpc) is 2.42. The van der Waals surface area contributed by atoms with E-state index < -0.39 is 18.6 Å². The van der Waals surface area contributed by atoms with Crippen LogP contribution in [0.5, 0.6) is 0 Å². The number of nitrogens with zero attached hydrogens (tertiary/aromatic N) is 1. The van der Waals surface area contributed by atoms with Gasteiger partial charge in [-0.25, -0.2) is 0 Å². The van der Waals surface area contributed by atoms with E-state index in [4.69, 9.17) is 20.5 Å². The van der Waals surface area contributed by atoms with E-state index in [0.29, 0.717) is 45.4 Å². The van der Waals surface area contributed by atoms with Crippen molar-refractivity contribution in [3.8, 4) is 0 Å². The molecule has 132 valence electrons. The van der Waals surface area contributed by atoms with E-state index in [1.165, 1.54) is 0 Å². The zero-order valence-corrected chi connectivity index (χ0v) is 14.3. The Hall–Kier alpha value is -0.0851. The molecule has 1 saturated heterocycles. The summed E-state index contributed by atoms with van der Waals surface area (Å²) in [7, 11) is -1.33. The number of carbonyl (C=O) groups is 1. The Kier molecular flexibility index (Phi) is 13.6. The van der Waals surface area contributed by atoms with Crippen molar-refractivity contribution >= 4 is 37.9 Å². The fourth-order valence-corrected chi connectivity index (χ4v) is 2.29. The monoisotopic (exact) mass is 360 g/mol. The molecule has 1 rings (SSSR count). The predicted octanol–water partition coefficient (Wildman–Crippen LogP) is -0.0225. The molecule has 1 aliphatic heterocycles. The van der Waals surface area contributed by atoms with E-state index in [1.54, 1.807) is 0 Å². The first-order valence-corrected chi connectivity index (χ1v) is 7.12. The van der Waals surface area contributed by atoms with Crippen molar-refractivity contribution in [2.75, 3.05) is 32.8 Å². The molecule has 0 aliphatic carbocycles. The van der Waals surface area contributed by atoms with Crippen molar-refractivity contribution in [1.82, 2.24) is 4.90 Å². The first-order chi connectivity index (χ1) is 9.44. The van der Waals surface area contributed by atoms with Crippen molar-refractivity contribution in [3.63, 3.8) is 0 Å². The van der Waals surface area contributed by atoms with E-state index in [0.717, 1.165) is 13.1 Å². The minimum absolute atomic E-state index is 0. The molecule has 5 N–H and O–H groups in total. The van der Waals surface area contributed by atoms with Crippen LogP contribution in [0.25, 0.3) is 0 Å². The summed E-state index contributed by atoms with van der Waals surface area (Å²) < 4.78 is 5.24. The third-order valence-corrected chi connectivity index (χ3v) is 3.74. The van der Waals surface area contributed by atoms with Gasteiger partial charge in [0.05, 0.1) is 13.2 Å². The Morgan fingerprint density at radius 2 is 1.77 bits per heavy atom. The second kappa shape index (κ2) is 12.4. The first-order valence-electron chi connectivity index (χ1n) is 7.12. The summed E-state index contributed by atoms with van der Waals surface area (Å²) >= 11 is 0. The molecular weight excluding hydrogens is 334 g/mol. The van der Waals surface area contributed by atoms with Crippen molar-refractivity contribution in [3.05, 3.63) is 0 Å². The molecule has 0 aromatic carbocycles. The molecular formula is C12H27BCl2N2O5. The van der Waals surface area contributed by atoms with Crippen molar-refractivity contribution < 1.29 is 24.7 Å². The zero-order chi connectivity index (χ0) is 15.0. The highest BCUT2D eigenvalue weighted by atomic mass is 35.5. The standard InChI is InChI=1S/C12H25BN2O5.2ClH/c14-12(11(16)17,3-1-2-5-13(18)19)4-6-15-7-9-20-10-8-15;;/h18-19H,1-10,14H2,(H,16,17);2*1H. The summed E-state index contributed by atoms with van der Waals surface area (Å²) in [6.07, 6.45) is 2.12. The zero-order valence-electron chi connectivity index (χ0n) is 12.6. The summed E-state index contributed by atoms with van der Waals surface area (Å²) in [5, 5.41) is 26.8. The van der Waals surface area contributed by atoms with Crippen LogP contribution in [0.4, 0.5) is 0 Å². The van der Waals surface area contributed by atoms with Gasteiger partial charge in [-0.2, -0.15) is 0 Å². The quantitative estimate of drug-likeness (QED) is 0.337. The molecule has 0 aromatic rings. The first kappa shape index (κ1) is 24.2. The molecule has 1 aliphatic rings. The summed E-state index contributed by atoms with van der Waals surface area (Å²) in [5.41, 5.74) is 4.76. The fourth-order valence-electron chi connectivity index (χ4n) is 2.29. The van der Waals surface area contributed by atoms with Crippen molar-refractivity contribution in [2.45, 2.75) is 37.5 Å². The highest BCUT2D eigenvalue weighted by Gasteiger charge is 2.33. The molecule has 1 unspecified atom stereocenters. The van der Waals surface area contributed by atoms with Gasteiger partial charge < -0.3 is 25.6 Å². The van der Waals surface area contributed by atoms with E-state index in [9.17, 15) is 9.90 Å². The number of rotatable bonds is 9.